The zero-order valence-corrected chi connectivity index (χ0v) is 19.8. The highest BCUT2D eigenvalue weighted by molar-refractivity contribution is 5.81. The molecule has 9 nitrogen and oxygen atoms in total. The first-order chi connectivity index (χ1) is 17.4. The molecule has 2 bridgehead atoms. The number of halogens is 1. The number of hydrogen-bond acceptors (Lipinski definition) is 8. The van der Waals surface area contributed by atoms with Crippen molar-refractivity contribution in [2.75, 3.05) is 25.1 Å². The van der Waals surface area contributed by atoms with E-state index in [1.807, 2.05) is 12.1 Å². The average molecular weight is 494 g/mol. The summed E-state index contributed by atoms with van der Waals surface area (Å²) in [6.45, 7) is 2.53. The summed E-state index contributed by atoms with van der Waals surface area (Å²) in [4.78, 5) is 21.3. The maximum Gasteiger partial charge on any atom is 0.251 e. The van der Waals surface area contributed by atoms with E-state index < -0.39 is 17.0 Å². The van der Waals surface area contributed by atoms with Crippen LogP contribution in [0.4, 0.5) is 10.2 Å². The maximum atomic E-state index is 15.0. The van der Waals surface area contributed by atoms with Crippen LogP contribution in [-0.4, -0.2) is 50.5 Å². The van der Waals surface area contributed by atoms with Gasteiger partial charge in [0.25, 0.3) is 5.56 Å². The molecule has 0 radical (unpaired) electrons. The third-order valence-electron chi connectivity index (χ3n) is 8.44. The third kappa shape index (κ3) is 3.35. The summed E-state index contributed by atoms with van der Waals surface area (Å²) in [5.74, 6) is 0.977. The van der Waals surface area contributed by atoms with Crippen molar-refractivity contribution >= 4 is 16.9 Å². The molecule has 7 heterocycles. The summed E-state index contributed by atoms with van der Waals surface area (Å²) in [5.41, 5.74) is -0.503. The Kier molecular flexibility index (Phi) is 4.74. The molecule has 3 aromatic heterocycles. The van der Waals surface area contributed by atoms with Gasteiger partial charge in [-0.2, -0.15) is 0 Å². The van der Waals surface area contributed by atoms with Crippen LogP contribution in [-0.2, 0) is 23.4 Å². The highest BCUT2D eigenvalue weighted by Crippen LogP contribution is 2.51. The van der Waals surface area contributed by atoms with Crippen molar-refractivity contribution in [3.63, 3.8) is 0 Å². The van der Waals surface area contributed by atoms with Gasteiger partial charge >= 0.3 is 0 Å². The molecule has 3 aromatic rings. The standard InChI is InChI=1S/C26H28FN5O4/c27-17-12-29-18-2-4-20(33)32-14-26(34,21(17)22(18)32)13-25-7-5-24(6-8-25,15-36-25)30-11-16-1-3-19-23(31-16)28-9-10-35-19/h1-4,12,30,34H,5-11,13-15H2,(H,28,31)/t24?,25?,26-/m0/s1. The number of hydrogen-bond donors (Lipinski definition) is 3. The van der Waals surface area contributed by atoms with Gasteiger partial charge in [0.15, 0.2) is 11.6 Å². The van der Waals surface area contributed by atoms with Crippen molar-refractivity contribution in [3.05, 3.63) is 57.9 Å². The molecule has 8 rings (SSSR count). The van der Waals surface area contributed by atoms with Gasteiger partial charge in [-0.25, -0.2) is 9.37 Å². The van der Waals surface area contributed by atoms with Crippen LogP contribution in [0.25, 0.3) is 11.0 Å². The molecule has 3 N–H and O–H groups in total. The fourth-order valence-corrected chi connectivity index (χ4v) is 6.51. The molecular weight excluding hydrogens is 465 g/mol. The molecule has 2 saturated heterocycles. The van der Waals surface area contributed by atoms with E-state index >= 15 is 0 Å². The van der Waals surface area contributed by atoms with Crippen LogP contribution < -0.4 is 20.9 Å². The van der Waals surface area contributed by atoms with Gasteiger partial charge in [0.1, 0.15) is 18.0 Å². The SMILES string of the molecule is O=c1ccc2ncc(F)c3c2n1C[C@@]3(O)CC12CCC(NCc3ccc4c(n3)NCCO4)(CC1)CO2. The fraction of sp³-hybridized carbons (Fsp3) is 0.500. The molecular formula is C26H28FN5O4. The summed E-state index contributed by atoms with van der Waals surface area (Å²) in [6.07, 6.45) is 4.64. The van der Waals surface area contributed by atoms with Crippen LogP contribution in [0.15, 0.2) is 35.3 Å². The third-order valence-corrected chi connectivity index (χ3v) is 8.44. The van der Waals surface area contributed by atoms with Gasteiger partial charge < -0.3 is 29.8 Å². The van der Waals surface area contributed by atoms with Gasteiger partial charge in [-0.15, -0.1) is 0 Å². The van der Waals surface area contributed by atoms with Crippen molar-refractivity contribution in [1.82, 2.24) is 19.9 Å². The normalized spacial score (nSPS) is 30.2. The number of aliphatic hydroxyl groups is 1. The lowest BCUT2D eigenvalue weighted by molar-refractivity contribution is -0.192. The lowest BCUT2D eigenvalue weighted by Crippen LogP contribution is -2.62. The molecule has 36 heavy (non-hydrogen) atoms. The molecule has 3 fully saturated rings. The van der Waals surface area contributed by atoms with E-state index in [2.05, 4.69) is 20.6 Å². The summed E-state index contributed by atoms with van der Waals surface area (Å²) in [6, 6.07) is 6.93. The van der Waals surface area contributed by atoms with Crippen molar-refractivity contribution < 1.29 is 19.0 Å². The van der Waals surface area contributed by atoms with Gasteiger partial charge in [0.2, 0.25) is 0 Å². The second-order valence-corrected chi connectivity index (χ2v) is 10.7. The molecule has 0 aromatic carbocycles. The van der Waals surface area contributed by atoms with Gasteiger partial charge in [0, 0.05) is 30.1 Å². The second kappa shape index (κ2) is 7.71. The van der Waals surface area contributed by atoms with E-state index in [1.165, 1.54) is 10.6 Å². The minimum absolute atomic E-state index is 0.0113. The van der Waals surface area contributed by atoms with Crippen molar-refractivity contribution in [3.8, 4) is 5.75 Å². The van der Waals surface area contributed by atoms with Crippen LogP contribution in [0, 0.1) is 5.82 Å². The monoisotopic (exact) mass is 493 g/mol. The molecule has 4 aliphatic heterocycles. The van der Waals surface area contributed by atoms with Crippen LogP contribution in [0.2, 0.25) is 0 Å². The average Bonchev–Trinajstić information content (AvgIpc) is 3.21. The van der Waals surface area contributed by atoms with E-state index in [9.17, 15) is 14.3 Å². The minimum Gasteiger partial charge on any atom is -0.488 e. The lowest BCUT2D eigenvalue weighted by atomic mass is 9.67. The number of nitrogens with one attached hydrogen (secondary N) is 2. The van der Waals surface area contributed by atoms with Crippen molar-refractivity contribution in [2.24, 2.45) is 0 Å². The summed E-state index contributed by atoms with van der Waals surface area (Å²) < 4.78 is 28.5. The predicted molar refractivity (Wildman–Crippen MR) is 129 cm³/mol. The number of ether oxygens (including phenoxy) is 2. The van der Waals surface area contributed by atoms with Gasteiger partial charge in [-0.1, -0.05) is 0 Å². The molecule has 0 unspecified atom stereocenters. The fourth-order valence-electron chi connectivity index (χ4n) is 6.51. The van der Waals surface area contributed by atoms with E-state index in [4.69, 9.17) is 9.47 Å². The summed E-state index contributed by atoms with van der Waals surface area (Å²) in [7, 11) is 0. The van der Waals surface area contributed by atoms with Crippen LogP contribution in [0.1, 0.15) is 43.4 Å². The molecule has 188 valence electrons. The lowest BCUT2D eigenvalue weighted by Gasteiger charge is -2.55. The molecule has 5 aliphatic rings. The summed E-state index contributed by atoms with van der Waals surface area (Å²) >= 11 is 0. The first-order valence-electron chi connectivity index (χ1n) is 12.5. The Morgan fingerprint density at radius 2 is 2.06 bits per heavy atom. The number of rotatable bonds is 5. The molecule has 0 spiro atoms. The Balaban J connectivity index is 1.08. The number of pyridine rings is 3. The smallest absolute Gasteiger partial charge is 0.251 e. The van der Waals surface area contributed by atoms with Crippen molar-refractivity contribution in [2.45, 2.75) is 61.9 Å². The Morgan fingerprint density at radius 1 is 1.19 bits per heavy atom. The molecule has 10 heteroatoms. The number of anilines is 1. The minimum atomic E-state index is -1.52. The van der Waals surface area contributed by atoms with Gasteiger partial charge in [-0.05, 0) is 43.9 Å². The quantitative estimate of drug-likeness (QED) is 0.496. The molecule has 1 atom stereocenters. The van der Waals surface area contributed by atoms with E-state index in [0.717, 1.165) is 55.7 Å². The van der Waals surface area contributed by atoms with E-state index in [-0.39, 0.29) is 29.6 Å². The van der Waals surface area contributed by atoms with E-state index in [1.54, 1.807) is 6.07 Å². The Morgan fingerprint density at radius 3 is 2.86 bits per heavy atom. The highest BCUT2D eigenvalue weighted by atomic mass is 19.1. The summed E-state index contributed by atoms with van der Waals surface area (Å²) in [5, 5.41) is 18.7. The zero-order valence-electron chi connectivity index (χ0n) is 19.8. The Bertz CT molecular complexity index is 1420. The first-order valence-corrected chi connectivity index (χ1v) is 12.5. The number of nitrogens with zero attached hydrogens (tertiary/aromatic N) is 3. The van der Waals surface area contributed by atoms with Crippen molar-refractivity contribution in [1.29, 1.82) is 0 Å². The molecule has 1 aliphatic carbocycles. The van der Waals surface area contributed by atoms with Gasteiger partial charge in [-0.3, -0.25) is 9.78 Å². The van der Waals surface area contributed by atoms with Gasteiger partial charge in [0.05, 0.1) is 48.2 Å². The largest absolute Gasteiger partial charge is 0.488 e. The number of fused-ring (bicyclic) bond motifs is 4. The zero-order chi connectivity index (χ0) is 24.5. The molecule has 0 amide bonds. The van der Waals surface area contributed by atoms with Crippen LogP contribution in [0.5, 0.6) is 5.75 Å². The maximum absolute atomic E-state index is 15.0. The topological polar surface area (TPSA) is 111 Å². The highest BCUT2D eigenvalue weighted by Gasteiger charge is 2.55. The number of aromatic nitrogens is 3. The molecule has 1 saturated carbocycles. The predicted octanol–water partition coefficient (Wildman–Crippen LogP) is 2.20. The first kappa shape index (κ1) is 22.1. The Labute approximate surface area is 206 Å². The van der Waals surface area contributed by atoms with Crippen LogP contribution >= 0.6 is 0 Å². The van der Waals surface area contributed by atoms with Crippen LogP contribution in [0.3, 0.4) is 0 Å². The Hall–Kier alpha value is -3.08. The van der Waals surface area contributed by atoms with E-state index in [0.29, 0.717) is 30.8 Å². The second-order valence-electron chi connectivity index (χ2n) is 10.7.